The van der Waals surface area contributed by atoms with Gasteiger partial charge in [0.05, 0.1) is 4.90 Å². The Morgan fingerprint density at radius 1 is 1.29 bits per heavy atom. The first-order valence-corrected chi connectivity index (χ1v) is 8.33. The molecule has 2 N–H and O–H groups in total. The summed E-state index contributed by atoms with van der Waals surface area (Å²) in [6.45, 7) is 2.78. The molecule has 21 heavy (non-hydrogen) atoms. The minimum Gasteiger partial charge on any atom is -0.385 e. The van der Waals surface area contributed by atoms with Crippen molar-refractivity contribution in [1.29, 1.82) is 0 Å². The average molecular weight is 318 g/mol. The fourth-order valence-corrected chi connectivity index (χ4v) is 3.15. The van der Waals surface area contributed by atoms with Crippen molar-refractivity contribution in [3.05, 3.63) is 29.1 Å². The largest absolute Gasteiger partial charge is 0.385 e. The Hall–Kier alpha value is -1.02. The molecule has 0 radical (unpaired) electrons. The van der Waals surface area contributed by atoms with Crippen LogP contribution in [0.1, 0.15) is 24.0 Å². The molecule has 0 fully saturated rings. The maximum Gasteiger partial charge on any atom is 0.240 e. The van der Waals surface area contributed by atoms with Crippen LogP contribution in [0, 0.1) is 12.7 Å². The van der Waals surface area contributed by atoms with Gasteiger partial charge in [-0.1, -0.05) is 0 Å². The Labute approximate surface area is 125 Å². The molecule has 120 valence electrons. The number of ether oxygens (including phenoxy) is 1. The lowest BCUT2D eigenvalue weighted by Crippen LogP contribution is -2.25. The third kappa shape index (κ3) is 5.35. The van der Waals surface area contributed by atoms with Gasteiger partial charge in [-0.05, 0) is 44.5 Å². The summed E-state index contributed by atoms with van der Waals surface area (Å²) in [6, 6.07) is 2.72. The second-order valence-corrected chi connectivity index (χ2v) is 6.61. The van der Waals surface area contributed by atoms with E-state index in [1.807, 2.05) is 0 Å². The van der Waals surface area contributed by atoms with Crippen LogP contribution in [0.3, 0.4) is 0 Å². The van der Waals surface area contributed by atoms with E-state index in [2.05, 4.69) is 10.0 Å². The molecule has 0 heterocycles. The number of rotatable bonds is 9. The van der Waals surface area contributed by atoms with E-state index in [4.69, 9.17) is 4.74 Å². The van der Waals surface area contributed by atoms with Crippen molar-refractivity contribution in [2.24, 2.45) is 0 Å². The van der Waals surface area contributed by atoms with Crippen LogP contribution in [0.4, 0.5) is 4.39 Å². The van der Waals surface area contributed by atoms with Crippen LogP contribution >= 0.6 is 0 Å². The highest BCUT2D eigenvalue weighted by Gasteiger charge is 2.17. The van der Waals surface area contributed by atoms with Gasteiger partial charge in [0.2, 0.25) is 10.0 Å². The molecule has 5 nitrogen and oxygen atoms in total. The van der Waals surface area contributed by atoms with Gasteiger partial charge >= 0.3 is 0 Å². The third-order valence-corrected chi connectivity index (χ3v) is 4.49. The first-order valence-electron chi connectivity index (χ1n) is 6.84. The third-order valence-electron chi connectivity index (χ3n) is 3.05. The summed E-state index contributed by atoms with van der Waals surface area (Å²) in [6.07, 6.45) is 1.48. The molecule has 7 heteroatoms. The summed E-state index contributed by atoms with van der Waals surface area (Å²) < 4.78 is 45.7. The molecule has 0 aliphatic heterocycles. The van der Waals surface area contributed by atoms with Crippen LogP contribution in [0.5, 0.6) is 0 Å². The lowest BCUT2D eigenvalue weighted by Gasteiger charge is -2.11. The Morgan fingerprint density at radius 2 is 2.00 bits per heavy atom. The van der Waals surface area contributed by atoms with E-state index in [1.54, 1.807) is 21.1 Å². The Bertz CT molecular complexity index is 562. The highest BCUT2D eigenvalue weighted by molar-refractivity contribution is 7.89. The number of halogens is 1. The molecule has 0 spiro atoms. The SMILES string of the molecule is CNCc1cc(S(=O)(=O)NCCCCOC)cc(C)c1F. The minimum absolute atomic E-state index is 0.0957. The van der Waals surface area contributed by atoms with Crippen molar-refractivity contribution in [1.82, 2.24) is 10.0 Å². The van der Waals surface area contributed by atoms with Gasteiger partial charge in [0.15, 0.2) is 0 Å². The lowest BCUT2D eigenvalue weighted by atomic mass is 10.1. The van der Waals surface area contributed by atoms with E-state index in [0.29, 0.717) is 30.7 Å². The Morgan fingerprint density at radius 3 is 2.62 bits per heavy atom. The number of unbranched alkanes of at least 4 members (excludes halogenated alkanes) is 1. The summed E-state index contributed by atoms with van der Waals surface area (Å²) >= 11 is 0. The van der Waals surface area contributed by atoms with Gasteiger partial charge in [0.1, 0.15) is 5.82 Å². The topological polar surface area (TPSA) is 67.4 Å². The van der Waals surface area contributed by atoms with E-state index >= 15 is 0 Å². The fraction of sp³-hybridized carbons (Fsp3) is 0.571. The molecule has 0 saturated heterocycles. The number of nitrogens with one attached hydrogen (secondary N) is 2. The number of sulfonamides is 1. The number of benzene rings is 1. The van der Waals surface area contributed by atoms with Crippen LogP contribution in [0.2, 0.25) is 0 Å². The molecule has 0 aromatic heterocycles. The van der Waals surface area contributed by atoms with Gasteiger partial charge in [-0.15, -0.1) is 0 Å². The van der Waals surface area contributed by atoms with Crippen molar-refractivity contribution >= 4 is 10.0 Å². The predicted molar refractivity (Wildman–Crippen MR) is 80.2 cm³/mol. The van der Waals surface area contributed by atoms with E-state index in [0.717, 1.165) is 6.42 Å². The summed E-state index contributed by atoms with van der Waals surface area (Å²) in [5.74, 6) is -0.372. The standard InChI is InChI=1S/C14H23FN2O3S/c1-11-8-13(9-12(10-16-2)14(11)15)21(18,19)17-6-4-5-7-20-3/h8-9,16-17H,4-7,10H2,1-3H3. The van der Waals surface area contributed by atoms with Crippen molar-refractivity contribution in [3.63, 3.8) is 0 Å². The smallest absolute Gasteiger partial charge is 0.240 e. The highest BCUT2D eigenvalue weighted by Crippen LogP contribution is 2.19. The summed E-state index contributed by atoms with van der Waals surface area (Å²) in [5.41, 5.74) is 0.666. The van der Waals surface area contributed by atoms with E-state index in [9.17, 15) is 12.8 Å². The van der Waals surface area contributed by atoms with Crippen LogP contribution in [0.15, 0.2) is 17.0 Å². The van der Waals surface area contributed by atoms with Gasteiger partial charge < -0.3 is 10.1 Å². The zero-order valence-corrected chi connectivity index (χ0v) is 13.5. The second-order valence-electron chi connectivity index (χ2n) is 4.84. The summed E-state index contributed by atoms with van der Waals surface area (Å²) in [5, 5.41) is 2.83. The maximum absolute atomic E-state index is 13.9. The van der Waals surface area contributed by atoms with Crippen LogP contribution in [-0.4, -0.2) is 35.7 Å². The highest BCUT2D eigenvalue weighted by atomic mass is 32.2. The first kappa shape index (κ1) is 18.0. The molecular weight excluding hydrogens is 295 g/mol. The summed E-state index contributed by atoms with van der Waals surface area (Å²) in [7, 11) is -0.322. The number of hydrogen-bond donors (Lipinski definition) is 2. The number of methoxy groups -OCH3 is 1. The molecule has 0 unspecified atom stereocenters. The van der Waals surface area contributed by atoms with Crippen molar-refractivity contribution in [3.8, 4) is 0 Å². The van der Waals surface area contributed by atoms with Crippen molar-refractivity contribution < 1.29 is 17.5 Å². The maximum atomic E-state index is 13.9. The molecule has 1 rings (SSSR count). The molecule has 0 amide bonds. The monoisotopic (exact) mass is 318 g/mol. The lowest BCUT2D eigenvalue weighted by molar-refractivity contribution is 0.193. The molecular formula is C14H23FN2O3S. The fourth-order valence-electron chi connectivity index (χ4n) is 1.94. The zero-order valence-electron chi connectivity index (χ0n) is 12.7. The molecule has 0 atom stereocenters. The number of hydrogen-bond acceptors (Lipinski definition) is 4. The van der Waals surface area contributed by atoms with Gasteiger partial charge in [0, 0.05) is 32.4 Å². The number of aryl methyl sites for hydroxylation is 1. The average Bonchev–Trinajstić information content (AvgIpc) is 2.43. The second kappa shape index (κ2) is 8.43. The van der Waals surface area contributed by atoms with Gasteiger partial charge in [0.25, 0.3) is 0 Å². The van der Waals surface area contributed by atoms with E-state index in [1.165, 1.54) is 12.1 Å². The van der Waals surface area contributed by atoms with Gasteiger partial charge in [-0.2, -0.15) is 0 Å². The Kier molecular flexibility index (Phi) is 7.24. The zero-order chi connectivity index (χ0) is 15.9. The van der Waals surface area contributed by atoms with Crippen LogP contribution in [-0.2, 0) is 21.3 Å². The van der Waals surface area contributed by atoms with E-state index < -0.39 is 10.0 Å². The van der Waals surface area contributed by atoms with Gasteiger partial charge in [-0.25, -0.2) is 17.5 Å². The molecule has 1 aromatic rings. The van der Waals surface area contributed by atoms with Crippen molar-refractivity contribution in [2.75, 3.05) is 27.3 Å². The summed E-state index contributed by atoms with van der Waals surface area (Å²) in [4.78, 5) is 0.0957. The van der Waals surface area contributed by atoms with Crippen molar-refractivity contribution in [2.45, 2.75) is 31.2 Å². The van der Waals surface area contributed by atoms with E-state index in [-0.39, 0.29) is 17.3 Å². The molecule has 0 aliphatic carbocycles. The molecule has 1 aromatic carbocycles. The first-order chi connectivity index (χ1) is 9.92. The molecule has 0 saturated carbocycles. The van der Waals surface area contributed by atoms with Crippen LogP contribution < -0.4 is 10.0 Å². The normalized spacial score (nSPS) is 11.8. The molecule has 0 bridgehead atoms. The minimum atomic E-state index is -3.61. The predicted octanol–water partition coefficient (Wildman–Crippen LogP) is 1.56. The van der Waals surface area contributed by atoms with Crippen LogP contribution in [0.25, 0.3) is 0 Å². The Balaban J connectivity index is 2.83. The van der Waals surface area contributed by atoms with Gasteiger partial charge in [-0.3, -0.25) is 0 Å². The molecule has 0 aliphatic rings. The quantitative estimate of drug-likeness (QED) is 0.678.